The lowest BCUT2D eigenvalue weighted by atomic mass is 9.97. The van der Waals surface area contributed by atoms with Crippen LogP contribution < -0.4 is 10.6 Å². The van der Waals surface area contributed by atoms with E-state index in [1.165, 1.54) is 0 Å². The summed E-state index contributed by atoms with van der Waals surface area (Å²) in [6.07, 6.45) is 5.51. The maximum Gasteiger partial charge on any atom is 0.242 e. The van der Waals surface area contributed by atoms with E-state index >= 15 is 0 Å². The van der Waals surface area contributed by atoms with Gasteiger partial charge in [-0.15, -0.1) is 0 Å². The molecule has 3 heterocycles. The van der Waals surface area contributed by atoms with Crippen LogP contribution in [-0.4, -0.2) is 40.0 Å². The van der Waals surface area contributed by atoms with Crippen LogP contribution in [0.25, 0.3) is 0 Å². The van der Waals surface area contributed by atoms with Crippen molar-refractivity contribution in [2.24, 2.45) is 13.0 Å². The fourth-order valence-corrected chi connectivity index (χ4v) is 3.15. The Morgan fingerprint density at radius 3 is 3.00 bits per heavy atom. The van der Waals surface area contributed by atoms with E-state index in [4.69, 9.17) is 9.26 Å². The average Bonchev–Trinajstić information content (AvgIpc) is 3.29. The second-order valence-corrected chi connectivity index (χ2v) is 6.47. The summed E-state index contributed by atoms with van der Waals surface area (Å²) < 4.78 is 12.6. The van der Waals surface area contributed by atoms with Crippen LogP contribution in [0.5, 0.6) is 0 Å². The van der Waals surface area contributed by atoms with E-state index in [0.29, 0.717) is 30.5 Å². The molecule has 1 saturated heterocycles. The van der Waals surface area contributed by atoms with Crippen molar-refractivity contribution >= 4 is 11.7 Å². The summed E-state index contributed by atoms with van der Waals surface area (Å²) in [5.41, 5.74) is 1.09. The number of anilines is 1. The molecule has 8 heteroatoms. The zero-order chi connectivity index (χ0) is 17.8. The van der Waals surface area contributed by atoms with E-state index in [1.807, 2.05) is 26.4 Å². The third-order valence-electron chi connectivity index (χ3n) is 4.50. The first kappa shape index (κ1) is 17.6. The van der Waals surface area contributed by atoms with Crippen molar-refractivity contribution in [2.45, 2.75) is 38.8 Å². The topological polar surface area (TPSA) is 94.2 Å². The summed E-state index contributed by atoms with van der Waals surface area (Å²) in [4.78, 5) is 12.4. The maximum absolute atomic E-state index is 12.4. The van der Waals surface area contributed by atoms with Gasteiger partial charge < -0.3 is 19.9 Å². The third kappa shape index (κ3) is 4.26. The maximum atomic E-state index is 12.4. The highest BCUT2D eigenvalue weighted by Crippen LogP contribution is 2.33. The van der Waals surface area contributed by atoms with Crippen molar-refractivity contribution in [1.82, 2.24) is 20.3 Å². The molecule has 0 unspecified atom stereocenters. The molecule has 0 radical (unpaired) electrons. The monoisotopic (exact) mass is 347 g/mol. The molecule has 0 spiro atoms. The smallest absolute Gasteiger partial charge is 0.242 e. The average molecular weight is 347 g/mol. The molecule has 8 nitrogen and oxygen atoms in total. The predicted molar refractivity (Wildman–Crippen MR) is 92.0 cm³/mol. The van der Waals surface area contributed by atoms with Crippen LogP contribution in [0, 0.1) is 12.8 Å². The van der Waals surface area contributed by atoms with Gasteiger partial charge in [0, 0.05) is 43.9 Å². The molecule has 0 bridgehead atoms. The first-order chi connectivity index (χ1) is 12.1. The van der Waals surface area contributed by atoms with Gasteiger partial charge in [-0.1, -0.05) is 12.1 Å². The number of rotatable bonds is 7. The van der Waals surface area contributed by atoms with E-state index in [1.54, 1.807) is 17.7 Å². The second-order valence-electron chi connectivity index (χ2n) is 6.47. The van der Waals surface area contributed by atoms with Crippen molar-refractivity contribution in [2.75, 3.05) is 18.5 Å². The molecule has 3 rings (SSSR count). The quantitative estimate of drug-likeness (QED) is 0.793. The normalized spacial score (nSPS) is 21.4. The predicted octanol–water partition coefficient (Wildman–Crippen LogP) is 1.80. The molecule has 1 aliphatic heterocycles. The second kappa shape index (κ2) is 7.79. The summed E-state index contributed by atoms with van der Waals surface area (Å²) in [6, 6.07) is 1.42. The lowest BCUT2D eigenvalue weighted by molar-refractivity contribution is -0.118. The van der Waals surface area contributed by atoms with E-state index in [-0.39, 0.29) is 18.1 Å². The Morgan fingerprint density at radius 1 is 1.52 bits per heavy atom. The van der Waals surface area contributed by atoms with Gasteiger partial charge in [0.05, 0.1) is 18.3 Å². The summed E-state index contributed by atoms with van der Waals surface area (Å²) in [5, 5.41) is 14.2. The lowest BCUT2D eigenvalue weighted by Gasteiger charge is -2.21. The van der Waals surface area contributed by atoms with Crippen LogP contribution in [0.3, 0.4) is 0 Å². The molecular weight excluding hydrogens is 322 g/mol. The van der Waals surface area contributed by atoms with Gasteiger partial charge in [-0.25, -0.2) is 0 Å². The molecule has 1 fully saturated rings. The number of amides is 1. The van der Waals surface area contributed by atoms with Gasteiger partial charge in [-0.2, -0.15) is 5.10 Å². The first-order valence-electron chi connectivity index (χ1n) is 8.64. The van der Waals surface area contributed by atoms with Crippen LogP contribution >= 0.6 is 0 Å². The summed E-state index contributed by atoms with van der Waals surface area (Å²) >= 11 is 0. The summed E-state index contributed by atoms with van der Waals surface area (Å²) in [7, 11) is 1.90. The van der Waals surface area contributed by atoms with Gasteiger partial charge in [-0.05, 0) is 19.8 Å². The van der Waals surface area contributed by atoms with Crippen LogP contribution in [0.1, 0.15) is 37.2 Å². The molecule has 2 aromatic rings. The molecule has 1 amide bonds. The fraction of sp³-hybridized carbons (Fsp3) is 0.588. The standard InChI is InChI=1S/C17H25N5O3/c1-4-14(17(23)20-15-7-11(2)25-21-15)18-8-12-5-6-24-16(12)13-9-19-22(3)10-13/h7,9-10,12,14,16,18H,4-6,8H2,1-3H3,(H,20,21,23)/t12-,14+,16-/m1/s1. The zero-order valence-corrected chi connectivity index (χ0v) is 14.9. The number of nitrogens with zero attached hydrogens (tertiary/aromatic N) is 3. The van der Waals surface area contributed by atoms with Crippen molar-refractivity contribution < 1.29 is 14.1 Å². The van der Waals surface area contributed by atoms with E-state index < -0.39 is 0 Å². The van der Waals surface area contributed by atoms with Gasteiger partial charge in [0.25, 0.3) is 0 Å². The highest BCUT2D eigenvalue weighted by Gasteiger charge is 2.31. The Labute approximate surface area is 146 Å². The highest BCUT2D eigenvalue weighted by molar-refractivity contribution is 5.93. The minimum Gasteiger partial charge on any atom is -0.373 e. The number of aryl methyl sites for hydroxylation is 2. The van der Waals surface area contributed by atoms with Crippen molar-refractivity contribution in [3.05, 3.63) is 29.8 Å². The Bertz CT molecular complexity index is 711. The molecule has 2 N–H and O–H groups in total. The number of carbonyl (C=O) groups is 1. The number of aromatic nitrogens is 3. The van der Waals surface area contributed by atoms with Crippen LogP contribution in [0.15, 0.2) is 23.0 Å². The van der Waals surface area contributed by atoms with Gasteiger partial charge in [0.2, 0.25) is 5.91 Å². The molecule has 25 heavy (non-hydrogen) atoms. The van der Waals surface area contributed by atoms with Gasteiger partial charge in [-0.3, -0.25) is 9.48 Å². The van der Waals surface area contributed by atoms with Gasteiger partial charge in [0.1, 0.15) is 5.76 Å². The zero-order valence-electron chi connectivity index (χ0n) is 14.9. The van der Waals surface area contributed by atoms with Crippen molar-refractivity contribution in [3.8, 4) is 0 Å². The van der Waals surface area contributed by atoms with Gasteiger partial charge >= 0.3 is 0 Å². The van der Waals surface area contributed by atoms with E-state index in [2.05, 4.69) is 20.9 Å². The molecule has 2 aromatic heterocycles. The molecule has 0 aliphatic carbocycles. The Kier molecular flexibility index (Phi) is 5.50. The van der Waals surface area contributed by atoms with Crippen LogP contribution in [-0.2, 0) is 16.6 Å². The Balaban J connectivity index is 1.55. The molecular formula is C17H25N5O3. The van der Waals surface area contributed by atoms with E-state index in [9.17, 15) is 4.79 Å². The molecule has 1 aliphatic rings. The highest BCUT2D eigenvalue weighted by atomic mass is 16.5. The Morgan fingerprint density at radius 2 is 2.36 bits per heavy atom. The lowest BCUT2D eigenvalue weighted by Crippen LogP contribution is -2.42. The number of nitrogens with one attached hydrogen (secondary N) is 2. The largest absolute Gasteiger partial charge is 0.373 e. The van der Waals surface area contributed by atoms with E-state index in [0.717, 1.165) is 18.6 Å². The molecule has 3 atom stereocenters. The fourth-order valence-electron chi connectivity index (χ4n) is 3.15. The summed E-state index contributed by atoms with van der Waals surface area (Å²) in [5.74, 6) is 1.33. The first-order valence-corrected chi connectivity index (χ1v) is 8.64. The minimum absolute atomic E-state index is 0.0277. The number of carbonyl (C=O) groups excluding carboxylic acids is 1. The van der Waals surface area contributed by atoms with Gasteiger partial charge in [0.15, 0.2) is 5.82 Å². The molecule has 0 aromatic carbocycles. The molecule has 0 saturated carbocycles. The van der Waals surface area contributed by atoms with Crippen LogP contribution in [0.4, 0.5) is 5.82 Å². The number of ether oxygens (including phenoxy) is 1. The number of hydrogen-bond donors (Lipinski definition) is 2. The minimum atomic E-state index is -0.285. The van der Waals surface area contributed by atoms with Crippen molar-refractivity contribution in [3.63, 3.8) is 0 Å². The molecule has 136 valence electrons. The summed E-state index contributed by atoms with van der Waals surface area (Å²) in [6.45, 7) is 5.21. The van der Waals surface area contributed by atoms with Crippen molar-refractivity contribution in [1.29, 1.82) is 0 Å². The van der Waals surface area contributed by atoms with Crippen LogP contribution in [0.2, 0.25) is 0 Å². The Hall–Kier alpha value is -2.19. The number of hydrogen-bond acceptors (Lipinski definition) is 6. The SMILES string of the molecule is CC[C@H](NC[C@H]1CCO[C@H]1c1cnn(C)c1)C(=O)Nc1cc(C)on1. The third-order valence-corrected chi connectivity index (χ3v) is 4.50.